The highest BCUT2D eigenvalue weighted by Gasteiger charge is 2.12. The van der Waals surface area contributed by atoms with Crippen molar-refractivity contribution in [3.63, 3.8) is 0 Å². The normalized spacial score (nSPS) is 10.7. The van der Waals surface area contributed by atoms with E-state index in [2.05, 4.69) is 26.6 Å². The van der Waals surface area contributed by atoms with Crippen molar-refractivity contribution in [2.75, 3.05) is 17.7 Å². The molecule has 0 unspecified atom stereocenters. The van der Waals surface area contributed by atoms with Crippen LogP contribution in [0.25, 0.3) is 0 Å². The van der Waals surface area contributed by atoms with Crippen LogP contribution in [0.2, 0.25) is 0 Å². The molecule has 0 atom stereocenters. The number of hydrogen-bond acceptors (Lipinski definition) is 4. The summed E-state index contributed by atoms with van der Waals surface area (Å²) < 4.78 is 25.3. The summed E-state index contributed by atoms with van der Waals surface area (Å²) in [5, 5.41) is 6.24. The third kappa shape index (κ3) is 6.47. The maximum Gasteiger partial charge on any atom is 0.226 e. The molecule has 0 aromatic heterocycles. The fraction of sp³-hybridized carbons (Fsp3) is 0.240. The first-order valence-electron chi connectivity index (χ1n) is 10.2. The van der Waals surface area contributed by atoms with E-state index in [1.807, 2.05) is 50.2 Å². The first kappa shape index (κ1) is 23.6. The second-order valence-corrected chi connectivity index (χ2v) is 8.45. The van der Waals surface area contributed by atoms with Crippen molar-refractivity contribution >= 4 is 33.2 Å². The van der Waals surface area contributed by atoms with Gasteiger partial charge < -0.3 is 20.1 Å². The van der Waals surface area contributed by atoms with Gasteiger partial charge in [0.05, 0.1) is 11.6 Å². The second kappa shape index (κ2) is 11.0. The number of methoxy groups -OCH3 is 1. The van der Waals surface area contributed by atoms with Crippen LogP contribution in [0.4, 0.5) is 15.8 Å². The highest BCUT2D eigenvalue weighted by Crippen LogP contribution is 2.37. The third-order valence-electron chi connectivity index (χ3n) is 4.76. The lowest BCUT2D eigenvalue weighted by Crippen LogP contribution is -2.17. The number of halogens is 2. The standard InChI is InChI=1S/C25H26BrFN2O3/c1-16(2)25(30)29-21-10-8-20(9-11-21)28-14-18-12-22(26)24(23(13-18)31-3)32-15-17-4-6-19(27)7-5-17/h4-13,16,28H,14-15H2,1-3H3,(H,29,30). The largest absolute Gasteiger partial charge is 0.493 e. The Kier molecular flexibility index (Phi) is 8.11. The maximum atomic E-state index is 13.1. The van der Waals surface area contributed by atoms with Gasteiger partial charge in [-0.3, -0.25) is 4.79 Å². The van der Waals surface area contributed by atoms with E-state index in [1.165, 1.54) is 12.1 Å². The van der Waals surface area contributed by atoms with E-state index in [9.17, 15) is 9.18 Å². The van der Waals surface area contributed by atoms with Crippen LogP contribution >= 0.6 is 15.9 Å². The van der Waals surface area contributed by atoms with Crippen LogP contribution in [0.5, 0.6) is 11.5 Å². The second-order valence-electron chi connectivity index (χ2n) is 7.60. The molecule has 2 N–H and O–H groups in total. The van der Waals surface area contributed by atoms with Gasteiger partial charge in [0.2, 0.25) is 5.91 Å². The van der Waals surface area contributed by atoms with Gasteiger partial charge in [-0.15, -0.1) is 0 Å². The zero-order chi connectivity index (χ0) is 23.1. The number of rotatable bonds is 9. The van der Waals surface area contributed by atoms with Crippen LogP contribution in [0, 0.1) is 11.7 Å². The van der Waals surface area contributed by atoms with Crippen molar-refractivity contribution < 1.29 is 18.7 Å². The molecule has 32 heavy (non-hydrogen) atoms. The highest BCUT2D eigenvalue weighted by molar-refractivity contribution is 9.10. The number of amides is 1. The van der Waals surface area contributed by atoms with E-state index < -0.39 is 0 Å². The average Bonchev–Trinajstić information content (AvgIpc) is 2.78. The number of nitrogens with one attached hydrogen (secondary N) is 2. The maximum absolute atomic E-state index is 13.1. The summed E-state index contributed by atoms with van der Waals surface area (Å²) in [4.78, 5) is 11.8. The number of carbonyl (C=O) groups excluding carboxylic acids is 1. The van der Waals surface area contributed by atoms with Gasteiger partial charge in [-0.25, -0.2) is 4.39 Å². The molecule has 0 fully saturated rings. The van der Waals surface area contributed by atoms with Crippen LogP contribution in [0.3, 0.4) is 0 Å². The molecule has 7 heteroatoms. The molecule has 3 aromatic carbocycles. The molecule has 0 aliphatic heterocycles. The predicted octanol–water partition coefficient (Wildman–Crippen LogP) is 6.38. The summed E-state index contributed by atoms with van der Waals surface area (Å²) in [6.45, 7) is 4.59. The van der Waals surface area contributed by atoms with Crippen LogP contribution in [-0.4, -0.2) is 13.0 Å². The number of benzene rings is 3. The summed E-state index contributed by atoms with van der Waals surface area (Å²) >= 11 is 3.56. The molecule has 5 nitrogen and oxygen atoms in total. The van der Waals surface area contributed by atoms with Gasteiger partial charge in [-0.1, -0.05) is 26.0 Å². The molecule has 0 aliphatic rings. The van der Waals surface area contributed by atoms with Crippen molar-refractivity contribution in [1.29, 1.82) is 0 Å². The number of anilines is 2. The lowest BCUT2D eigenvalue weighted by molar-refractivity contribution is -0.118. The number of carbonyl (C=O) groups is 1. The Balaban J connectivity index is 1.62. The van der Waals surface area contributed by atoms with E-state index >= 15 is 0 Å². The summed E-state index contributed by atoms with van der Waals surface area (Å²) in [5.41, 5.74) is 3.56. The van der Waals surface area contributed by atoms with Crippen LogP contribution in [0.1, 0.15) is 25.0 Å². The van der Waals surface area contributed by atoms with Gasteiger partial charge in [-0.05, 0) is 75.6 Å². The van der Waals surface area contributed by atoms with Gasteiger partial charge in [0.15, 0.2) is 11.5 Å². The Morgan fingerprint density at radius 1 is 1.00 bits per heavy atom. The lowest BCUT2D eigenvalue weighted by Gasteiger charge is -2.15. The van der Waals surface area contributed by atoms with Crippen molar-refractivity contribution in [2.24, 2.45) is 5.92 Å². The van der Waals surface area contributed by atoms with Crippen LogP contribution in [-0.2, 0) is 17.9 Å². The third-order valence-corrected chi connectivity index (χ3v) is 5.35. The minimum atomic E-state index is -0.278. The molecule has 168 valence electrons. The molecule has 3 rings (SSSR count). The number of ether oxygens (including phenoxy) is 2. The molecule has 0 saturated carbocycles. The Hall–Kier alpha value is -3.06. The molecular formula is C25H26BrFN2O3. The Bertz CT molecular complexity index is 1050. The van der Waals surface area contributed by atoms with Crippen molar-refractivity contribution in [3.8, 4) is 11.5 Å². The zero-order valence-electron chi connectivity index (χ0n) is 18.2. The minimum Gasteiger partial charge on any atom is -0.493 e. The molecular weight excluding hydrogens is 475 g/mol. The van der Waals surface area contributed by atoms with E-state index in [0.717, 1.165) is 27.0 Å². The predicted molar refractivity (Wildman–Crippen MR) is 129 cm³/mol. The lowest BCUT2D eigenvalue weighted by atomic mass is 10.2. The SMILES string of the molecule is COc1cc(CNc2ccc(NC(=O)C(C)C)cc2)cc(Br)c1OCc1ccc(F)cc1. The summed E-state index contributed by atoms with van der Waals surface area (Å²) in [6.07, 6.45) is 0. The molecule has 0 heterocycles. The van der Waals surface area contributed by atoms with Crippen molar-refractivity contribution in [3.05, 3.63) is 82.1 Å². The Morgan fingerprint density at radius 3 is 2.28 bits per heavy atom. The molecule has 0 saturated heterocycles. The number of hydrogen-bond donors (Lipinski definition) is 2. The van der Waals surface area contributed by atoms with Gasteiger partial charge in [0.1, 0.15) is 12.4 Å². The first-order valence-corrected chi connectivity index (χ1v) is 11.0. The van der Waals surface area contributed by atoms with Crippen LogP contribution in [0.15, 0.2) is 65.1 Å². The van der Waals surface area contributed by atoms with E-state index in [-0.39, 0.29) is 17.6 Å². The zero-order valence-corrected chi connectivity index (χ0v) is 19.8. The quantitative estimate of drug-likeness (QED) is 0.357. The average molecular weight is 501 g/mol. The van der Waals surface area contributed by atoms with Gasteiger partial charge >= 0.3 is 0 Å². The summed E-state index contributed by atoms with van der Waals surface area (Å²) in [6, 6.07) is 17.6. The van der Waals surface area contributed by atoms with Gasteiger partial charge in [0.25, 0.3) is 0 Å². The van der Waals surface area contributed by atoms with E-state index in [1.54, 1.807) is 19.2 Å². The summed E-state index contributed by atoms with van der Waals surface area (Å²) in [7, 11) is 1.59. The topological polar surface area (TPSA) is 59.6 Å². The van der Waals surface area contributed by atoms with Crippen LogP contribution < -0.4 is 20.1 Å². The molecule has 0 aliphatic carbocycles. The van der Waals surface area contributed by atoms with Gasteiger partial charge in [-0.2, -0.15) is 0 Å². The van der Waals surface area contributed by atoms with Gasteiger partial charge in [0, 0.05) is 23.8 Å². The molecule has 0 spiro atoms. The van der Waals surface area contributed by atoms with E-state index in [0.29, 0.717) is 24.7 Å². The highest BCUT2D eigenvalue weighted by atomic mass is 79.9. The van der Waals surface area contributed by atoms with Crippen molar-refractivity contribution in [1.82, 2.24) is 0 Å². The first-order chi connectivity index (χ1) is 15.4. The molecule has 3 aromatic rings. The smallest absolute Gasteiger partial charge is 0.226 e. The minimum absolute atomic E-state index is 0.00982. The molecule has 0 radical (unpaired) electrons. The molecule has 0 bridgehead atoms. The monoisotopic (exact) mass is 500 g/mol. The fourth-order valence-corrected chi connectivity index (χ4v) is 3.52. The Labute approximate surface area is 196 Å². The van der Waals surface area contributed by atoms with Crippen molar-refractivity contribution in [2.45, 2.75) is 27.0 Å². The Morgan fingerprint density at radius 2 is 1.66 bits per heavy atom. The molecule has 1 amide bonds. The fourth-order valence-electron chi connectivity index (χ4n) is 2.91. The summed E-state index contributed by atoms with van der Waals surface area (Å²) in [5.74, 6) is 0.837. The van der Waals surface area contributed by atoms with E-state index in [4.69, 9.17) is 9.47 Å².